The first kappa shape index (κ1) is 16.1. The number of benzene rings is 3. The summed E-state index contributed by atoms with van der Waals surface area (Å²) in [5.74, 6) is 0. The first-order valence-electron chi connectivity index (χ1n) is 7.17. The van der Waals surface area contributed by atoms with Gasteiger partial charge in [0, 0.05) is 20.1 Å². The molecule has 0 N–H and O–H groups in total. The molecule has 0 bridgehead atoms. The minimum Gasteiger partial charge on any atom is -0.151 e. The predicted octanol–water partition coefficient (Wildman–Crippen LogP) is 7.60. The Labute approximate surface area is 152 Å². The van der Waals surface area contributed by atoms with Gasteiger partial charge in [0.2, 0.25) is 0 Å². The lowest BCUT2D eigenvalue weighted by atomic mass is 9.99. The van der Waals surface area contributed by atoms with Gasteiger partial charge in [-0.2, -0.15) is 5.11 Å². The molecule has 3 aromatic carbocycles. The van der Waals surface area contributed by atoms with Gasteiger partial charge in [0.1, 0.15) is 0 Å². The van der Waals surface area contributed by atoms with E-state index >= 15 is 0 Å². The molecule has 3 aromatic rings. The summed E-state index contributed by atoms with van der Waals surface area (Å²) in [6.07, 6.45) is 0. The van der Waals surface area contributed by atoms with Gasteiger partial charge in [-0.1, -0.05) is 42.5 Å². The molecule has 4 heteroatoms. The fraction of sp³-hybridized carbons (Fsp3) is 0.0526. The van der Waals surface area contributed by atoms with Gasteiger partial charge in [0.15, 0.2) is 0 Å². The van der Waals surface area contributed by atoms with Crippen molar-refractivity contribution in [1.29, 1.82) is 0 Å². The number of aryl methyl sites for hydroxylation is 1. The molecule has 0 fully saturated rings. The lowest BCUT2D eigenvalue weighted by Gasteiger charge is -2.12. The number of halogens is 2. The van der Waals surface area contributed by atoms with Crippen molar-refractivity contribution in [2.24, 2.45) is 10.2 Å². The molecule has 0 aliphatic carbocycles. The summed E-state index contributed by atoms with van der Waals surface area (Å²) in [4.78, 5) is 0. The Morgan fingerprint density at radius 1 is 0.739 bits per heavy atom. The molecule has 0 aromatic heterocycles. The number of hydrogen-bond acceptors (Lipinski definition) is 2. The van der Waals surface area contributed by atoms with Crippen LogP contribution >= 0.6 is 31.9 Å². The van der Waals surface area contributed by atoms with Crippen molar-refractivity contribution < 1.29 is 0 Å². The van der Waals surface area contributed by atoms with E-state index < -0.39 is 0 Å². The highest BCUT2D eigenvalue weighted by atomic mass is 79.9. The average Bonchev–Trinajstić information content (AvgIpc) is 2.59. The molecule has 0 unspecified atom stereocenters. The van der Waals surface area contributed by atoms with E-state index in [-0.39, 0.29) is 0 Å². The molecular formula is C19H14Br2N2. The van der Waals surface area contributed by atoms with Crippen molar-refractivity contribution in [2.45, 2.75) is 6.92 Å². The third-order valence-corrected chi connectivity index (χ3v) is 5.52. The van der Waals surface area contributed by atoms with Crippen molar-refractivity contribution in [3.8, 4) is 11.1 Å². The van der Waals surface area contributed by atoms with Crippen LogP contribution in [-0.4, -0.2) is 0 Å². The summed E-state index contributed by atoms with van der Waals surface area (Å²) in [5, 5.41) is 8.80. The smallest absolute Gasteiger partial charge is 0.0935 e. The van der Waals surface area contributed by atoms with E-state index in [9.17, 15) is 0 Å². The molecule has 0 saturated heterocycles. The fourth-order valence-corrected chi connectivity index (χ4v) is 3.35. The van der Waals surface area contributed by atoms with Crippen LogP contribution < -0.4 is 0 Å². The third-order valence-electron chi connectivity index (χ3n) is 3.51. The van der Waals surface area contributed by atoms with E-state index in [2.05, 4.69) is 61.1 Å². The Hall–Kier alpha value is -1.78. The zero-order chi connectivity index (χ0) is 16.2. The van der Waals surface area contributed by atoms with Gasteiger partial charge < -0.3 is 0 Å². The van der Waals surface area contributed by atoms with Crippen LogP contribution in [0.2, 0.25) is 0 Å². The van der Waals surface area contributed by atoms with E-state index in [4.69, 9.17) is 0 Å². The Bertz CT molecular complexity index is 858. The van der Waals surface area contributed by atoms with Crippen LogP contribution in [0, 0.1) is 6.92 Å². The highest BCUT2D eigenvalue weighted by Crippen LogP contribution is 2.41. The van der Waals surface area contributed by atoms with E-state index in [1.807, 2.05) is 54.6 Å². The maximum absolute atomic E-state index is 4.45. The number of azo groups is 1. The zero-order valence-electron chi connectivity index (χ0n) is 12.5. The van der Waals surface area contributed by atoms with Crippen LogP contribution in [0.5, 0.6) is 0 Å². The van der Waals surface area contributed by atoms with Crippen LogP contribution in [0.25, 0.3) is 11.1 Å². The number of nitrogens with zero attached hydrogens (tertiary/aromatic N) is 2. The van der Waals surface area contributed by atoms with E-state index in [0.29, 0.717) is 0 Å². The van der Waals surface area contributed by atoms with Crippen LogP contribution in [0.1, 0.15) is 5.56 Å². The van der Waals surface area contributed by atoms with Gasteiger partial charge in [0.05, 0.1) is 11.4 Å². The second-order valence-corrected chi connectivity index (χ2v) is 6.75. The molecule has 0 saturated carbocycles. The maximum atomic E-state index is 4.45. The predicted molar refractivity (Wildman–Crippen MR) is 103 cm³/mol. The van der Waals surface area contributed by atoms with Gasteiger partial charge in [-0.05, 0) is 68.6 Å². The quantitative estimate of drug-likeness (QED) is 0.383. The summed E-state index contributed by atoms with van der Waals surface area (Å²) in [5.41, 5.74) is 5.05. The van der Waals surface area contributed by atoms with E-state index in [1.54, 1.807) is 0 Å². The van der Waals surface area contributed by atoms with E-state index in [1.165, 1.54) is 5.56 Å². The molecule has 0 radical (unpaired) electrons. The third kappa shape index (κ3) is 3.59. The van der Waals surface area contributed by atoms with Crippen molar-refractivity contribution in [3.05, 3.63) is 81.2 Å². The highest BCUT2D eigenvalue weighted by Gasteiger charge is 2.13. The van der Waals surface area contributed by atoms with Crippen LogP contribution in [0.3, 0.4) is 0 Å². The minimum absolute atomic E-state index is 0.840. The normalized spacial score (nSPS) is 11.1. The topological polar surface area (TPSA) is 24.7 Å². The van der Waals surface area contributed by atoms with Gasteiger partial charge in [-0.25, -0.2) is 0 Å². The Morgan fingerprint density at radius 3 is 2.22 bits per heavy atom. The van der Waals surface area contributed by atoms with Crippen molar-refractivity contribution in [1.82, 2.24) is 0 Å². The molecule has 0 heterocycles. The van der Waals surface area contributed by atoms with E-state index in [0.717, 1.165) is 31.4 Å². The maximum Gasteiger partial charge on any atom is 0.0935 e. The molecule has 0 spiro atoms. The number of rotatable bonds is 3. The average molecular weight is 430 g/mol. The Balaban J connectivity index is 2.09. The second-order valence-electron chi connectivity index (χ2n) is 5.11. The Kier molecular flexibility index (Phi) is 5.03. The fourth-order valence-electron chi connectivity index (χ4n) is 2.36. The molecule has 0 amide bonds. The molecule has 114 valence electrons. The zero-order valence-corrected chi connectivity index (χ0v) is 15.7. The highest BCUT2D eigenvalue weighted by molar-refractivity contribution is 9.13. The molecule has 23 heavy (non-hydrogen) atoms. The molecular weight excluding hydrogens is 416 g/mol. The summed E-state index contributed by atoms with van der Waals surface area (Å²) >= 11 is 7.26. The Morgan fingerprint density at radius 2 is 1.43 bits per heavy atom. The lowest BCUT2D eigenvalue weighted by molar-refractivity contribution is 1.23. The molecule has 2 nitrogen and oxygen atoms in total. The lowest BCUT2D eigenvalue weighted by Crippen LogP contribution is -1.87. The summed E-state index contributed by atoms with van der Waals surface area (Å²) < 4.78 is 2.05. The van der Waals surface area contributed by atoms with Crippen molar-refractivity contribution >= 4 is 43.2 Å². The van der Waals surface area contributed by atoms with Crippen LogP contribution in [0.4, 0.5) is 11.4 Å². The van der Waals surface area contributed by atoms with Crippen molar-refractivity contribution in [2.75, 3.05) is 0 Å². The second kappa shape index (κ2) is 7.20. The standard InChI is InChI=1S/C19H14Br2N2/c1-13-11-12-16(20)19(21)18(13)15-9-5-6-10-17(15)23-22-14-7-3-2-4-8-14/h2-12H,1H3. The summed E-state index contributed by atoms with van der Waals surface area (Å²) in [6.45, 7) is 2.09. The van der Waals surface area contributed by atoms with Gasteiger partial charge in [-0.15, -0.1) is 5.11 Å². The van der Waals surface area contributed by atoms with Gasteiger partial charge in [0.25, 0.3) is 0 Å². The summed E-state index contributed by atoms with van der Waals surface area (Å²) in [6, 6.07) is 21.9. The molecule has 0 aliphatic rings. The molecule has 0 aliphatic heterocycles. The largest absolute Gasteiger partial charge is 0.151 e. The van der Waals surface area contributed by atoms with Crippen LogP contribution in [-0.2, 0) is 0 Å². The van der Waals surface area contributed by atoms with Crippen molar-refractivity contribution in [3.63, 3.8) is 0 Å². The van der Waals surface area contributed by atoms with Gasteiger partial charge >= 0.3 is 0 Å². The number of hydrogen-bond donors (Lipinski definition) is 0. The van der Waals surface area contributed by atoms with Crippen LogP contribution in [0.15, 0.2) is 85.9 Å². The molecule has 3 rings (SSSR count). The SMILES string of the molecule is Cc1ccc(Br)c(Br)c1-c1ccccc1N=Nc1ccccc1. The molecule has 0 atom stereocenters. The summed E-state index contributed by atoms with van der Waals surface area (Å²) in [7, 11) is 0. The monoisotopic (exact) mass is 428 g/mol. The van der Waals surface area contributed by atoms with Gasteiger partial charge in [-0.3, -0.25) is 0 Å². The first-order chi connectivity index (χ1) is 11.2. The first-order valence-corrected chi connectivity index (χ1v) is 8.76. The minimum atomic E-state index is 0.840.